The predicted octanol–water partition coefficient (Wildman–Crippen LogP) is 4.67. The molecule has 1 unspecified atom stereocenters. The van der Waals surface area contributed by atoms with Crippen molar-refractivity contribution in [2.24, 2.45) is 5.11 Å². The molecule has 1 aliphatic heterocycles. The Kier molecular flexibility index (Phi) is 15.1. The fourth-order valence-corrected chi connectivity index (χ4v) is 4.74. The van der Waals surface area contributed by atoms with E-state index in [9.17, 15) is 31.2 Å². The van der Waals surface area contributed by atoms with Gasteiger partial charge in [-0.05, 0) is 46.4 Å². The minimum Gasteiger partial charge on any atom is -0.344 e. The first kappa shape index (κ1) is 33.8. The Labute approximate surface area is 231 Å². The summed E-state index contributed by atoms with van der Waals surface area (Å²) in [5, 5.41) is 6.77. The summed E-state index contributed by atoms with van der Waals surface area (Å²) in [6.07, 6.45) is 10.1. The van der Waals surface area contributed by atoms with Crippen molar-refractivity contribution in [1.29, 1.82) is 0 Å². The lowest BCUT2D eigenvalue weighted by Gasteiger charge is -2.21. The molecule has 3 rings (SSSR count). The molecule has 218 valence electrons. The molecule has 0 spiro atoms. The van der Waals surface area contributed by atoms with Gasteiger partial charge in [-0.1, -0.05) is 45.4 Å². The topological polar surface area (TPSA) is 121 Å². The van der Waals surface area contributed by atoms with Crippen LogP contribution >= 0.6 is 0 Å². The smallest absolute Gasteiger partial charge is 0.344 e. The SMILES string of the molecule is CC.CCCC1=CC(=O)[N+](CC(=O)NC2[CH]C(S(=O)(=O)NCCc3ccccn3)=C(C)C=C2)=N[CH]1.FC(F)F.[HH].[HH]. The van der Waals surface area contributed by atoms with Gasteiger partial charge in [-0.2, -0.15) is 13.2 Å². The van der Waals surface area contributed by atoms with E-state index in [1.807, 2.05) is 32.9 Å². The molecular formula is C26H39F3N5O4S+. The van der Waals surface area contributed by atoms with Crippen LogP contribution < -0.4 is 10.0 Å². The standard InChI is InChI=1S/C23H27N5O4S.C2H6.CHF3.2H2/c1-3-6-18-13-23(30)28(25-15-18)16-22(29)27-20-9-8-17(2)21(14-20)33(31,32)26-12-10-19-7-4-5-11-24-19;1-2;2-1(3)4;;/h4-5,7-9,11,13-15,20,26H,3,6,10,12,16H2,1-2H3;1-2H3;1H;2*1H/p+1. The molecule has 1 aliphatic carbocycles. The number of aromatic nitrogens is 1. The summed E-state index contributed by atoms with van der Waals surface area (Å²) in [4.78, 5) is 28.9. The van der Waals surface area contributed by atoms with Crippen molar-refractivity contribution in [3.63, 3.8) is 0 Å². The first-order valence-corrected chi connectivity index (χ1v) is 13.9. The highest BCUT2D eigenvalue weighted by molar-refractivity contribution is 7.93. The molecule has 0 saturated heterocycles. The molecule has 2 N–H and O–H groups in total. The Morgan fingerprint density at radius 2 is 1.90 bits per heavy atom. The predicted molar refractivity (Wildman–Crippen MR) is 145 cm³/mol. The van der Waals surface area contributed by atoms with Gasteiger partial charge >= 0.3 is 12.6 Å². The molecule has 2 amide bonds. The van der Waals surface area contributed by atoms with Crippen LogP contribution in [-0.2, 0) is 26.0 Å². The second kappa shape index (κ2) is 17.4. The van der Waals surface area contributed by atoms with E-state index in [2.05, 4.69) is 20.1 Å². The molecular weight excluding hydrogens is 535 g/mol. The van der Waals surface area contributed by atoms with Crippen molar-refractivity contribution >= 4 is 21.8 Å². The van der Waals surface area contributed by atoms with Crippen LogP contribution in [0.15, 0.2) is 63.8 Å². The Morgan fingerprint density at radius 3 is 2.49 bits per heavy atom. The van der Waals surface area contributed by atoms with Crippen LogP contribution in [0.3, 0.4) is 0 Å². The molecule has 1 atom stereocenters. The largest absolute Gasteiger partial charge is 0.437 e. The Hall–Kier alpha value is -3.19. The highest BCUT2D eigenvalue weighted by Crippen LogP contribution is 2.23. The first-order valence-electron chi connectivity index (χ1n) is 12.4. The zero-order valence-corrected chi connectivity index (χ0v) is 23.2. The van der Waals surface area contributed by atoms with Crippen LogP contribution in [0.4, 0.5) is 13.2 Å². The second-order valence-corrected chi connectivity index (χ2v) is 9.73. The van der Waals surface area contributed by atoms with Gasteiger partial charge in [0.15, 0.2) is 6.54 Å². The molecule has 0 saturated carbocycles. The first-order chi connectivity index (χ1) is 18.5. The Balaban J connectivity index is 0. The van der Waals surface area contributed by atoms with Gasteiger partial charge in [0.2, 0.25) is 10.0 Å². The van der Waals surface area contributed by atoms with Crippen LogP contribution in [0, 0.1) is 13.0 Å². The molecule has 0 fully saturated rings. The lowest BCUT2D eigenvalue weighted by atomic mass is 10.0. The number of nitrogens with zero attached hydrogens (tertiary/aromatic N) is 3. The molecule has 13 heteroatoms. The van der Waals surface area contributed by atoms with E-state index in [-0.39, 0.29) is 26.8 Å². The minimum atomic E-state index is -3.77. The number of carbonyl (C=O) groups excluding carboxylic acids is 2. The van der Waals surface area contributed by atoms with E-state index in [4.69, 9.17) is 0 Å². The Bertz CT molecular complexity index is 1190. The van der Waals surface area contributed by atoms with Crippen LogP contribution in [-0.4, -0.2) is 55.7 Å². The number of carbonyl (C=O) groups is 2. The van der Waals surface area contributed by atoms with Crippen LogP contribution in [0.1, 0.15) is 49.1 Å². The van der Waals surface area contributed by atoms with Crippen molar-refractivity contribution in [2.75, 3.05) is 13.1 Å². The van der Waals surface area contributed by atoms with Gasteiger partial charge in [0.1, 0.15) is 0 Å². The summed E-state index contributed by atoms with van der Waals surface area (Å²) in [7, 11) is -3.77. The van der Waals surface area contributed by atoms with E-state index in [1.165, 1.54) is 12.5 Å². The third-order valence-electron chi connectivity index (χ3n) is 5.05. The molecule has 39 heavy (non-hydrogen) atoms. The fraction of sp³-hybridized carbons (Fsp3) is 0.423. The number of amides is 2. The maximum atomic E-state index is 12.8. The summed E-state index contributed by atoms with van der Waals surface area (Å²) in [6.45, 7) is 5.57. The van der Waals surface area contributed by atoms with Crippen molar-refractivity contribution in [3.8, 4) is 0 Å². The molecule has 1 aromatic rings. The highest BCUT2D eigenvalue weighted by Gasteiger charge is 2.30. The number of sulfonamides is 1. The molecule has 2 radical (unpaired) electrons. The van der Waals surface area contributed by atoms with Gasteiger partial charge in [0, 0.05) is 34.1 Å². The van der Waals surface area contributed by atoms with E-state index in [0.29, 0.717) is 12.0 Å². The van der Waals surface area contributed by atoms with Gasteiger partial charge in [-0.3, -0.25) is 9.78 Å². The fourth-order valence-electron chi connectivity index (χ4n) is 3.39. The van der Waals surface area contributed by atoms with Crippen LogP contribution in [0.25, 0.3) is 0 Å². The van der Waals surface area contributed by atoms with Gasteiger partial charge in [0.05, 0.1) is 17.0 Å². The molecule has 2 heterocycles. The van der Waals surface area contributed by atoms with Gasteiger partial charge in [-0.15, -0.1) is 0 Å². The van der Waals surface area contributed by atoms with Gasteiger partial charge in [0.25, 0.3) is 12.5 Å². The zero-order chi connectivity index (χ0) is 29.4. The van der Waals surface area contributed by atoms with E-state index in [0.717, 1.165) is 28.8 Å². The number of pyridine rings is 1. The third-order valence-corrected chi connectivity index (χ3v) is 6.67. The van der Waals surface area contributed by atoms with Gasteiger partial charge < -0.3 is 5.32 Å². The number of hydrogen-bond donors (Lipinski definition) is 2. The zero-order valence-electron chi connectivity index (χ0n) is 22.4. The lowest BCUT2D eigenvalue weighted by Crippen LogP contribution is -2.42. The monoisotopic (exact) mass is 574 g/mol. The van der Waals surface area contributed by atoms with Gasteiger partial charge in [-0.25, -0.2) is 17.9 Å². The summed E-state index contributed by atoms with van der Waals surface area (Å²) >= 11 is 0. The number of halogens is 3. The maximum Gasteiger partial charge on any atom is 0.437 e. The van der Waals surface area contributed by atoms with Crippen molar-refractivity contribution in [3.05, 3.63) is 77.3 Å². The summed E-state index contributed by atoms with van der Waals surface area (Å²) < 4.78 is 58.3. The minimum absolute atomic E-state index is 0. The van der Waals surface area contributed by atoms with E-state index < -0.39 is 28.7 Å². The van der Waals surface area contributed by atoms with Crippen molar-refractivity contribution < 1.29 is 38.7 Å². The highest BCUT2D eigenvalue weighted by atomic mass is 32.2. The quantitative estimate of drug-likeness (QED) is 0.394. The number of hydrogen-bond acceptors (Lipinski definition) is 6. The number of nitrogens with one attached hydrogen (secondary N) is 2. The third kappa shape index (κ3) is 12.5. The second-order valence-electron chi connectivity index (χ2n) is 7.99. The summed E-state index contributed by atoms with van der Waals surface area (Å²) in [5.74, 6) is -0.798. The summed E-state index contributed by atoms with van der Waals surface area (Å²) in [6, 6.07) is 4.85. The number of rotatable bonds is 10. The summed E-state index contributed by atoms with van der Waals surface area (Å²) in [5.41, 5.74) is 2.18. The normalized spacial score (nSPS) is 16.9. The average Bonchev–Trinajstić information content (AvgIpc) is 2.88. The van der Waals surface area contributed by atoms with E-state index >= 15 is 0 Å². The lowest BCUT2D eigenvalue weighted by molar-refractivity contribution is -0.498. The molecule has 9 nitrogen and oxygen atoms in total. The number of alkyl halides is 3. The number of allylic oxidation sites excluding steroid dienone is 2. The van der Waals surface area contributed by atoms with Crippen LogP contribution in [0.2, 0.25) is 0 Å². The maximum absolute atomic E-state index is 12.8. The van der Waals surface area contributed by atoms with E-state index in [1.54, 1.807) is 37.9 Å². The molecule has 0 bridgehead atoms. The average molecular weight is 575 g/mol. The van der Waals surface area contributed by atoms with Crippen molar-refractivity contribution in [1.82, 2.24) is 15.0 Å². The number of azo groups is 2. The molecule has 1 aromatic heterocycles. The van der Waals surface area contributed by atoms with Crippen molar-refractivity contribution in [2.45, 2.75) is 59.7 Å². The molecule has 0 aromatic carbocycles. The Morgan fingerprint density at radius 1 is 1.21 bits per heavy atom. The van der Waals surface area contributed by atoms with Crippen LogP contribution in [0.5, 0.6) is 0 Å². The molecule has 2 aliphatic rings.